The lowest BCUT2D eigenvalue weighted by Gasteiger charge is -2.40. The van der Waals surface area contributed by atoms with E-state index >= 15 is 0 Å². The van der Waals surface area contributed by atoms with E-state index in [0.717, 1.165) is 6.42 Å². The maximum atomic E-state index is 12.7. The van der Waals surface area contributed by atoms with Gasteiger partial charge in [-0.05, 0) is 67.5 Å². The molecule has 0 amide bonds. The van der Waals surface area contributed by atoms with E-state index in [-0.39, 0.29) is 64.7 Å². The molecule has 1 fully saturated rings. The van der Waals surface area contributed by atoms with Crippen molar-refractivity contribution in [3.05, 3.63) is 12.2 Å². The molecule has 0 aromatic carbocycles. The number of ketones is 1. The van der Waals surface area contributed by atoms with E-state index in [0.29, 0.717) is 19.4 Å². The van der Waals surface area contributed by atoms with Gasteiger partial charge in [-0.15, -0.1) is 0 Å². The van der Waals surface area contributed by atoms with Crippen LogP contribution < -0.4 is 0 Å². The van der Waals surface area contributed by atoms with Crippen LogP contribution in [-0.2, 0) is 32.7 Å². The van der Waals surface area contributed by atoms with Gasteiger partial charge in [0.15, 0.2) is 22.4 Å². The lowest BCUT2D eigenvalue weighted by Crippen LogP contribution is -2.45. The quantitative estimate of drug-likeness (QED) is 0.136. The van der Waals surface area contributed by atoms with Crippen molar-refractivity contribution in [2.24, 2.45) is 11.8 Å². The molecule has 0 spiro atoms. The fourth-order valence-corrected chi connectivity index (χ4v) is 7.00. The maximum absolute atomic E-state index is 12.7. The van der Waals surface area contributed by atoms with Crippen LogP contribution in [0.3, 0.4) is 0 Å². The summed E-state index contributed by atoms with van der Waals surface area (Å²) in [6, 6.07) is 0. The molecule has 0 saturated heterocycles. The fourth-order valence-electron chi connectivity index (χ4n) is 4.25. The van der Waals surface area contributed by atoms with E-state index in [2.05, 4.69) is 72.5 Å². The van der Waals surface area contributed by atoms with Crippen LogP contribution in [0, 0.1) is 11.8 Å². The van der Waals surface area contributed by atoms with Gasteiger partial charge in [-0.25, -0.2) is 0 Å². The first kappa shape index (κ1) is 34.7. The summed E-state index contributed by atoms with van der Waals surface area (Å²) in [7, 11) is -2.85. The first-order valence-corrected chi connectivity index (χ1v) is 19.8. The zero-order chi connectivity index (χ0) is 29.5. The molecule has 1 aliphatic carbocycles. The van der Waals surface area contributed by atoms with E-state index in [1.807, 2.05) is 6.08 Å². The van der Waals surface area contributed by atoms with Crippen molar-refractivity contribution in [1.82, 2.24) is 0 Å². The Labute approximate surface area is 233 Å². The Balaban J connectivity index is 3.32. The summed E-state index contributed by atoms with van der Waals surface area (Å²) < 4.78 is 24.0. The molecule has 1 saturated carbocycles. The molecule has 0 aliphatic heterocycles. The van der Waals surface area contributed by atoms with Gasteiger partial charge in [-0.2, -0.15) is 0 Å². The van der Waals surface area contributed by atoms with Crippen molar-refractivity contribution in [3.63, 3.8) is 0 Å². The molecule has 38 heavy (non-hydrogen) atoms. The molecule has 1 aliphatic rings. The summed E-state index contributed by atoms with van der Waals surface area (Å²) in [4.78, 5) is 35.7. The third-order valence-corrected chi connectivity index (χ3v) is 17.7. The largest absolute Gasteiger partial charge is 0.469 e. The van der Waals surface area contributed by atoms with Gasteiger partial charge in [0.25, 0.3) is 0 Å². The fraction of sp³-hybridized carbons (Fsp3) is 0.828. The molecule has 1 rings (SSSR count). The van der Waals surface area contributed by atoms with Crippen molar-refractivity contribution in [3.8, 4) is 0 Å². The minimum absolute atomic E-state index is 0.0209. The monoisotopic (exact) mass is 570 g/mol. The number of carbonyl (C=O) groups excluding carboxylic acids is 3. The molecule has 7 nitrogen and oxygen atoms in total. The molecule has 0 aromatic heterocycles. The summed E-state index contributed by atoms with van der Waals surface area (Å²) >= 11 is 0. The Kier molecular flexibility index (Phi) is 12.7. The zero-order valence-electron chi connectivity index (χ0n) is 26.1. The molecular formula is C29H54O7Si2. The molecular weight excluding hydrogens is 516 g/mol. The van der Waals surface area contributed by atoms with Gasteiger partial charge < -0.3 is 18.3 Å². The highest BCUT2D eigenvalue weighted by atomic mass is 28.4. The third-order valence-electron chi connectivity index (χ3n) is 8.66. The summed E-state index contributed by atoms with van der Waals surface area (Å²) in [6.45, 7) is 24.1. The van der Waals surface area contributed by atoms with Gasteiger partial charge in [0.1, 0.15) is 0 Å². The smallest absolute Gasteiger partial charge is 0.305 e. The van der Waals surface area contributed by atoms with Crippen LogP contribution in [0.1, 0.15) is 80.6 Å². The molecule has 0 N–H and O–H groups in total. The van der Waals surface area contributed by atoms with Gasteiger partial charge in [0.05, 0.1) is 25.9 Å². The number of carbonyl (C=O) groups is 3. The minimum atomic E-state index is -2.11. The molecule has 0 radical (unpaired) electrons. The Bertz CT molecular complexity index is 837. The number of esters is 2. The van der Waals surface area contributed by atoms with Crippen LogP contribution in [0.2, 0.25) is 36.3 Å². The first-order chi connectivity index (χ1) is 17.2. The topological polar surface area (TPSA) is 88.1 Å². The third kappa shape index (κ3) is 10.4. The molecule has 220 valence electrons. The van der Waals surface area contributed by atoms with Crippen LogP contribution >= 0.6 is 0 Å². The van der Waals surface area contributed by atoms with Crippen molar-refractivity contribution in [2.45, 2.75) is 129 Å². The normalized spacial score (nSPS) is 23.1. The second kappa shape index (κ2) is 13.9. The van der Waals surface area contributed by atoms with Gasteiger partial charge in [-0.3, -0.25) is 14.4 Å². The van der Waals surface area contributed by atoms with Gasteiger partial charge in [-0.1, -0.05) is 47.6 Å². The SMILES string of the molecule is COC(=O)CCCC(=O)/C=C/[C@H]1[C@@H](CCOC(C)=O)[C@H](O[Si](C)(C)C(C)(C)C)C[C@@H]1O[Si](C)(C)C(C)(C)C. The number of rotatable bonds is 13. The van der Waals surface area contributed by atoms with Crippen LogP contribution in [0.25, 0.3) is 0 Å². The highest BCUT2D eigenvalue weighted by Gasteiger charge is 2.50. The first-order valence-electron chi connectivity index (χ1n) is 14.0. The Hall–Kier alpha value is -1.30. The lowest BCUT2D eigenvalue weighted by molar-refractivity contribution is -0.142. The van der Waals surface area contributed by atoms with Gasteiger partial charge in [0.2, 0.25) is 0 Å². The number of ether oxygens (including phenoxy) is 2. The molecule has 9 heteroatoms. The minimum Gasteiger partial charge on any atom is -0.469 e. The number of hydrogen-bond donors (Lipinski definition) is 0. The number of allylic oxidation sites excluding steroid dienone is 1. The molecule has 4 atom stereocenters. The van der Waals surface area contributed by atoms with E-state index in [4.69, 9.17) is 13.6 Å². The van der Waals surface area contributed by atoms with Crippen molar-refractivity contribution >= 4 is 34.4 Å². The molecule has 0 heterocycles. The summed E-state index contributed by atoms with van der Waals surface area (Å²) in [5.41, 5.74) is 0. The second-order valence-electron chi connectivity index (χ2n) is 13.7. The summed E-state index contributed by atoms with van der Waals surface area (Å²) in [6.07, 6.45) is 5.85. The van der Waals surface area contributed by atoms with E-state index < -0.39 is 16.6 Å². The Morgan fingerprint density at radius 3 is 1.87 bits per heavy atom. The predicted octanol–water partition coefficient (Wildman–Crippen LogP) is 6.83. The number of methoxy groups -OCH3 is 1. The van der Waals surface area contributed by atoms with Crippen LogP contribution in [0.4, 0.5) is 0 Å². The van der Waals surface area contributed by atoms with Crippen LogP contribution in [0.5, 0.6) is 0 Å². The summed E-state index contributed by atoms with van der Waals surface area (Å²) in [5.74, 6) is -0.618. The maximum Gasteiger partial charge on any atom is 0.305 e. The van der Waals surface area contributed by atoms with E-state index in [9.17, 15) is 14.4 Å². The average molecular weight is 571 g/mol. The standard InChI is InChI=1S/C29H54O7Si2/c1-21(30)34-19-18-24-23(17-16-22(31)14-13-15-27(32)33-8)25(35-37(9,10)28(2,3)4)20-26(24)36-38(11,12)29(5,6)7/h16-17,23-26H,13-15,18-20H2,1-12H3/b17-16+/t23-,24+,25-,26+/m0/s1. The van der Waals surface area contributed by atoms with E-state index in [1.54, 1.807) is 6.08 Å². The Morgan fingerprint density at radius 1 is 0.868 bits per heavy atom. The zero-order valence-corrected chi connectivity index (χ0v) is 28.1. The molecule has 0 bridgehead atoms. The molecule has 0 aromatic rings. The van der Waals surface area contributed by atoms with Crippen LogP contribution in [-0.4, -0.2) is 60.3 Å². The van der Waals surface area contributed by atoms with Gasteiger partial charge >= 0.3 is 11.9 Å². The van der Waals surface area contributed by atoms with Crippen molar-refractivity contribution in [1.29, 1.82) is 0 Å². The summed E-state index contributed by atoms with van der Waals surface area (Å²) in [5, 5.41) is 0.0866. The highest BCUT2D eigenvalue weighted by Crippen LogP contribution is 2.47. The Morgan fingerprint density at radius 2 is 1.39 bits per heavy atom. The van der Waals surface area contributed by atoms with Crippen molar-refractivity contribution in [2.75, 3.05) is 13.7 Å². The van der Waals surface area contributed by atoms with Crippen LogP contribution in [0.15, 0.2) is 12.2 Å². The number of hydrogen-bond acceptors (Lipinski definition) is 7. The van der Waals surface area contributed by atoms with Crippen molar-refractivity contribution < 1.29 is 32.7 Å². The second-order valence-corrected chi connectivity index (χ2v) is 23.2. The van der Waals surface area contributed by atoms with Gasteiger partial charge in [0, 0.05) is 25.7 Å². The molecule has 0 unspecified atom stereocenters. The lowest BCUT2D eigenvalue weighted by atomic mass is 9.90. The average Bonchev–Trinajstić information content (AvgIpc) is 3.04. The van der Waals surface area contributed by atoms with E-state index in [1.165, 1.54) is 14.0 Å². The predicted molar refractivity (Wildman–Crippen MR) is 157 cm³/mol. The highest BCUT2D eigenvalue weighted by molar-refractivity contribution is 6.74.